The molecule has 4 aromatic heterocycles. The maximum Gasteiger partial charge on any atom is 0.449 e. The van der Waals surface area contributed by atoms with E-state index in [4.69, 9.17) is 9.26 Å². The third-order valence-electron chi connectivity index (χ3n) is 8.00. The summed E-state index contributed by atoms with van der Waals surface area (Å²) in [5, 5.41) is 4.89. The van der Waals surface area contributed by atoms with Gasteiger partial charge in [-0.1, -0.05) is 35.5 Å². The number of carbonyl (C=O) groups excluding carboxylic acids is 1. The van der Waals surface area contributed by atoms with Gasteiger partial charge >= 0.3 is 6.18 Å². The Labute approximate surface area is 259 Å². The van der Waals surface area contributed by atoms with E-state index in [-0.39, 0.29) is 17.6 Å². The van der Waals surface area contributed by atoms with Crippen LogP contribution in [0.5, 0.6) is 5.88 Å². The van der Waals surface area contributed by atoms with E-state index >= 15 is 0 Å². The minimum atomic E-state index is -4.75. The second kappa shape index (κ2) is 11.6. The standard InChI is InChI=1S/C31H28F3N9O3/c1-18-36-26(40-46-18)16-41-11-12-42(27(44)17-43-24-10-6-5-9-22(24)39-30(43)31(32,33)34)25(15-41)28-35-14-23(37-28)20-13-19-7-3-4-8-21(19)38-29(20)45-2/h3-10,13-14,25H,11-12,15-17H2,1-2H3,(H,35,37). The molecule has 2 aromatic carbocycles. The number of nitrogens with one attached hydrogen (secondary N) is 1. The van der Waals surface area contributed by atoms with E-state index in [0.717, 1.165) is 15.5 Å². The largest absolute Gasteiger partial charge is 0.480 e. The molecule has 1 aliphatic rings. The Balaban J connectivity index is 1.23. The van der Waals surface area contributed by atoms with Gasteiger partial charge < -0.3 is 23.7 Å². The van der Waals surface area contributed by atoms with Gasteiger partial charge in [-0.05, 0) is 24.3 Å². The third kappa shape index (κ3) is 5.53. The summed E-state index contributed by atoms with van der Waals surface area (Å²) in [5.41, 5.74) is 2.44. The predicted molar refractivity (Wildman–Crippen MR) is 159 cm³/mol. The number of piperazine rings is 1. The number of nitrogens with zero attached hydrogens (tertiary/aromatic N) is 8. The Morgan fingerprint density at radius 3 is 2.61 bits per heavy atom. The van der Waals surface area contributed by atoms with Crippen molar-refractivity contribution in [3.8, 4) is 17.1 Å². The predicted octanol–water partition coefficient (Wildman–Crippen LogP) is 4.78. The number of methoxy groups -OCH3 is 1. The van der Waals surface area contributed by atoms with Crippen LogP contribution in [0.25, 0.3) is 33.2 Å². The van der Waals surface area contributed by atoms with Gasteiger partial charge in [0.2, 0.25) is 23.5 Å². The number of rotatable bonds is 7. The molecule has 1 N–H and O–H groups in total. The lowest BCUT2D eigenvalue weighted by Gasteiger charge is -2.40. The number of halogens is 3. The van der Waals surface area contributed by atoms with E-state index < -0.39 is 30.5 Å². The molecular formula is C31H28F3N9O3. The number of carbonyl (C=O) groups is 1. The number of aromatic amines is 1. The molecule has 0 bridgehead atoms. The van der Waals surface area contributed by atoms with Gasteiger partial charge in [0.25, 0.3) is 0 Å². The third-order valence-corrected chi connectivity index (χ3v) is 8.00. The van der Waals surface area contributed by atoms with Crippen LogP contribution in [0.4, 0.5) is 13.2 Å². The summed E-state index contributed by atoms with van der Waals surface area (Å²) < 4.78 is 53.8. The van der Waals surface area contributed by atoms with Crippen molar-refractivity contribution in [1.29, 1.82) is 0 Å². The Morgan fingerprint density at radius 2 is 1.85 bits per heavy atom. The maximum atomic E-state index is 14.0. The van der Waals surface area contributed by atoms with E-state index in [2.05, 4.69) is 30.1 Å². The first-order valence-corrected chi connectivity index (χ1v) is 14.5. The molecule has 15 heteroatoms. The van der Waals surface area contributed by atoms with Crippen molar-refractivity contribution in [2.75, 3.05) is 26.7 Å². The van der Waals surface area contributed by atoms with Crippen LogP contribution >= 0.6 is 0 Å². The van der Waals surface area contributed by atoms with Gasteiger partial charge in [0.1, 0.15) is 18.4 Å². The highest BCUT2D eigenvalue weighted by atomic mass is 19.4. The topological polar surface area (TPSA) is 131 Å². The van der Waals surface area contributed by atoms with Crippen molar-refractivity contribution in [1.82, 2.24) is 44.4 Å². The van der Waals surface area contributed by atoms with Crippen LogP contribution < -0.4 is 4.74 Å². The van der Waals surface area contributed by atoms with Crippen molar-refractivity contribution in [2.24, 2.45) is 0 Å². The molecule has 5 heterocycles. The number of hydrogen-bond donors (Lipinski definition) is 1. The molecule has 0 radical (unpaired) electrons. The molecule has 0 spiro atoms. The molecule has 46 heavy (non-hydrogen) atoms. The van der Waals surface area contributed by atoms with Crippen LogP contribution in [0.1, 0.15) is 29.4 Å². The van der Waals surface area contributed by atoms with Crippen LogP contribution in [-0.4, -0.2) is 77.1 Å². The van der Waals surface area contributed by atoms with Crippen molar-refractivity contribution >= 4 is 27.8 Å². The van der Waals surface area contributed by atoms with Crippen molar-refractivity contribution in [3.05, 3.63) is 84.2 Å². The zero-order valence-corrected chi connectivity index (χ0v) is 24.8. The maximum absolute atomic E-state index is 14.0. The highest BCUT2D eigenvalue weighted by Crippen LogP contribution is 2.34. The molecule has 1 aliphatic heterocycles. The second-order valence-corrected chi connectivity index (χ2v) is 11.0. The fourth-order valence-corrected chi connectivity index (χ4v) is 5.89. The number of imidazole rings is 2. The van der Waals surface area contributed by atoms with Crippen LogP contribution in [0.15, 0.2) is 65.3 Å². The highest BCUT2D eigenvalue weighted by molar-refractivity contribution is 5.85. The molecule has 0 saturated carbocycles. The molecule has 1 atom stereocenters. The summed E-state index contributed by atoms with van der Waals surface area (Å²) in [7, 11) is 1.53. The summed E-state index contributed by atoms with van der Waals surface area (Å²) in [6.07, 6.45) is -3.11. The van der Waals surface area contributed by atoms with E-state index in [1.807, 2.05) is 35.2 Å². The zero-order valence-electron chi connectivity index (χ0n) is 24.8. The summed E-state index contributed by atoms with van der Waals surface area (Å²) in [4.78, 5) is 38.2. The van der Waals surface area contributed by atoms with Gasteiger partial charge in [-0.25, -0.2) is 15.0 Å². The summed E-state index contributed by atoms with van der Waals surface area (Å²) in [5.74, 6) is 0.146. The quantitative estimate of drug-likeness (QED) is 0.265. The normalized spacial score (nSPS) is 16.0. The lowest BCUT2D eigenvalue weighted by Crippen LogP contribution is -2.51. The lowest BCUT2D eigenvalue weighted by molar-refractivity contribution is -0.148. The molecule has 6 aromatic rings. The molecule has 7 rings (SSSR count). The average Bonchev–Trinajstić information content (AvgIpc) is 3.79. The number of aryl methyl sites for hydroxylation is 1. The number of aromatic nitrogens is 7. The molecule has 1 unspecified atom stereocenters. The zero-order chi connectivity index (χ0) is 32.0. The Bertz CT molecular complexity index is 2050. The minimum absolute atomic E-state index is 0.160. The summed E-state index contributed by atoms with van der Waals surface area (Å²) in [6, 6.07) is 15.2. The number of pyridine rings is 1. The fraction of sp³-hybridized carbons (Fsp3) is 0.290. The first kappa shape index (κ1) is 29.4. The lowest BCUT2D eigenvalue weighted by atomic mass is 10.1. The Hall–Kier alpha value is -5.31. The molecule has 1 saturated heterocycles. The van der Waals surface area contributed by atoms with E-state index in [1.54, 1.807) is 30.2 Å². The van der Waals surface area contributed by atoms with Crippen molar-refractivity contribution < 1.29 is 27.2 Å². The van der Waals surface area contributed by atoms with Gasteiger partial charge in [-0.3, -0.25) is 9.69 Å². The molecule has 12 nitrogen and oxygen atoms in total. The molecule has 236 valence electrons. The molecule has 1 fully saturated rings. The van der Waals surface area contributed by atoms with Crippen LogP contribution in [-0.2, 0) is 24.1 Å². The Morgan fingerprint density at radius 1 is 1.07 bits per heavy atom. The van der Waals surface area contributed by atoms with Crippen LogP contribution in [0.2, 0.25) is 0 Å². The van der Waals surface area contributed by atoms with Gasteiger partial charge in [0.15, 0.2) is 5.82 Å². The number of fused-ring (bicyclic) bond motifs is 2. The molecule has 0 aliphatic carbocycles. The monoisotopic (exact) mass is 631 g/mol. The van der Waals surface area contributed by atoms with Gasteiger partial charge in [-0.15, -0.1) is 0 Å². The number of benzene rings is 2. The number of alkyl halides is 3. The van der Waals surface area contributed by atoms with Gasteiger partial charge in [0.05, 0.1) is 47.7 Å². The van der Waals surface area contributed by atoms with Crippen molar-refractivity contribution in [2.45, 2.75) is 32.2 Å². The highest BCUT2D eigenvalue weighted by Gasteiger charge is 2.40. The van der Waals surface area contributed by atoms with Crippen LogP contribution in [0.3, 0.4) is 0 Å². The second-order valence-electron chi connectivity index (χ2n) is 11.0. The molecule has 1 amide bonds. The minimum Gasteiger partial charge on any atom is -0.480 e. The first-order valence-electron chi connectivity index (χ1n) is 14.5. The number of amides is 1. The number of hydrogen-bond acceptors (Lipinski definition) is 9. The average molecular weight is 632 g/mol. The van der Waals surface area contributed by atoms with Crippen molar-refractivity contribution in [3.63, 3.8) is 0 Å². The van der Waals surface area contributed by atoms with E-state index in [9.17, 15) is 18.0 Å². The summed E-state index contributed by atoms with van der Waals surface area (Å²) >= 11 is 0. The van der Waals surface area contributed by atoms with E-state index in [0.29, 0.717) is 54.3 Å². The van der Waals surface area contributed by atoms with E-state index in [1.165, 1.54) is 19.2 Å². The number of para-hydroxylation sites is 3. The summed E-state index contributed by atoms with van der Waals surface area (Å²) in [6.45, 7) is 2.48. The first-order chi connectivity index (χ1) is 22.2. The van der Waals surface area contributed by atoms with Crippen LogP contribution in [0, 0.1) is 6.92 Å². The van der Waals surface area contributed by atoms with Gasteiger partial charge in [0, 0.05) is 31.9 Å². The SMILES string of the molecule is COc1nc2ccccc2cc1-c1cnc(C2CN(Cc3noc(C)n3)CCN2C(=O)Cn2c(C(F)(F)F)nc3ccccc32)[nH]1. The van der Waals surface area contributed by atoms with Gasteiger partial charge in [-0.2, -0.15) is 18.2 Å². The Kier molecular flexibility index (Phi) is 7.39. The molecular weight excluding hydrogens is 603 g/mol. The fourth-order valence-electron chi connectivity index (χ4n) is 5.89. The number of ether oxygens (including phenoxy) is 1. The smallest absolute Gasteiger partial charge is 0.449 e. The number of H-pyrrole nitrogens is 1.